The van der Waals surface area contributed by atoms with Gasteiger partial charge in [-0.25, -0.2) is 0 Å². The van der Waals surface area contributed by atoms with Gasteiger partial charge in [-0.1, -0.05) is 74.0 Å². The zero-order chi connectivity index (χ0) is 18.4. The van der Waals surface area contributed by atoms with Crippen molar-refractivity contribution in [2.75, 3.05) is 18.4 Å². The summed E-state index contributed by atoms with van der Waals surface area (Å²) in [5.74, 6) is 0.451. The van der Waals surface area contributed by atoms with Crippen LogP contribution in [-0.2, 0) is 15.0 Å². The molecule has 3 nitrogen and oxygen atoms in total. The monoisotopic (exact) mass is 395 g/mol. The molecule has 1 aliphatic heterocycles. The predicted molar refractivity (Wildman–Crippen MR) is 104 cm³/mol. The average Bonchev–Trinajstić information content (AvgIpc) is 2.55. The largest absolute Gasteiger partial charge is 0.342 e. The molecule has 4 heteroatoms. The van der Waals surface area contributed by atoms with E-state index in [1.165, 1.54) is 12.5 Å². The third kappa shape index (κ3) is 6.04. The number of likely N-dealkylation sites (tertiary alicyclic amines) is 1. The first kappa shape index (κ1) is 20.9. The van der Waals surface area contributed by atoms with E-state index in [1.807, 2.05) is 25.7 Å². The summed E-state index contributed by atoms with van der Waals surface area (Å²) in [4.78, 5) is 24.1. The zero-order valence-electron chi connectivity index (χ0n) is 15.6. The van der Waals surface area contributed by atoms with Crippen LogP contribution in [0.3, 0.4) is 0 Å². The minimum Gasteiger partial charge on any atom is -0.342 e. The number of ketones is 1. The summed E-state index contributed by atoms with van der Waals surface area (Å²) in [5, 5.41) is 0.479. The molecule has 24 heavy (non-hydrogen) atoms. The van der Waals surface area contributed by atoms with Crippen LogP contribution < -0.4 is 0 Å². The van der Waals surface area contributed by atoms with Gasteiger partial charge in [0.25, 0.3) is 0 Å². The summed E-state index contributed by atoms with van der Waals surface area (Å²) in [6.07, 6.45) is 2.11. The smallest absolute Gasteiger partial charge is 0.227 e. The first-order valence-corrected chi connectivity index (χ1v) is 9.62. The lowest BCUT2D eigenvalue weighted by atomic mass is 9.74. The summed E-state index contributed by atoms with van der Waals surface area (Å²) < 4.78 is 0. The van der Waals surface area contributed by atoms with Crippen molar-refractivity contribution < 1.29 is 9.59 Å². The maximum absolute atomic E-state index is 12.3. The van der Waals surface area contributed by atoms with E-state index in [2.05, 4.69) is 53.2 Å². The van der Waals surface area contributed by atoms with E-state index < -0.39 is 0 Å². The molecule has 0 radical (unpaired) electrons. The highest BCUT2D eigenvalue weighted by Crippen LogP contribution is 2.35. The van der Waals surface area contributed by atoms with Crippen LogP contribution in [0.4, 0.5) is 0 Å². The molecule has 0 aromatic heterocycles. The molecular formula is C20H30BrNO2. The number of alkyl halides is 1. The topological polar surface area (TPSA) is 37.4 Å². The summed E-state index contributed by atoms with van der Waals surface area (Å²) in [6, 6.07) is 10.7. The molecule has 1 aromatic carbocycles. The minimum absolute atomic E-state index is 0.171. The lowest BCUT2D eigenvalue weighted by Crippen LogP contribution is -2.47. The number of Topliss-reactive ketones (excluding diaryl/α,β-unsaturated/α-hetero) is 1. The number of amides is 1. The van der Waals surface area contributed by atoms with Gasteiger partial charge in [-0.05, 0) is 30.7 Å². The second-order valence-electron chi connectivity index (χ2n) is 7.80. The molecule has 0 aliphatic carbocycles. The van der Waals surface area contributed by atoms with Crippen molar-refractivity contribution in [3.63, 3.8) is 0 Å². The van der Waals surface area contributed by atoms with E-state index >= 15 is 0 Å². The highest BCUT2D eigenvalue weighted by Gasteiger charge is 2.36. The van der Waals surface area contributed by atoms with Gasteiger partial charge in [0.2, 0.25) is 5.91 Å². The quantitative estimate of drug-likeness (QED) is 0.686. The average molecular weight is 396 g/mol. The maximum atomic E-state index is 12.3. The number of piperidine rings is 1. The molecular weight excluding hydrogens is 366 g/mol. The van der Waals surface area contributed by atoms with Crippen LogP contribution in [0.1, 0.15) is 53.0 Å². The Hall–Kier alpha value is -1.16. The minimum atomic E-state index is -0.263. The van der Waals surface area contributed by atoms with E-state index in [0.717, 1.165) is 25.9 Å². The zero-order valence-corrected chi connectivity index (χ0v) is 17.1. The van der Waals surface area contributed by atoms with Gasteiger partial charge in [-0.2, -0.15) is 0 Å². The SMILES string of the molecule is CC(=O)CBr.CC(C)(C)C(=O)N1CCC(C)(c2ccccc2)CC1. The van der Waals surface area contributed by atoms with Crippen molar-refractivity contribution in [3.8, 4) is 0 Å². The molecule has 1 fully saturated rings. The third-order valence-corrected chi connectivity index (χ3v) is 5.24. The second kappa shape index (κ2) is 8.80. The summed E-state index contributed by atoms with van der Waals surface area (Å²) >= 11 is 2.96. The molecule has 0 N–H and O–H groups in total. The van der Waals surface area contributed by atoms with Gasteiger partial charge in [0.15, 0.2) is 0 Å². The maximum Gasteiger partial charge on any atom is 0.227 e. The fourth-order valence-corrected chi connectivity index (χ4v) is 2.81. The van der Waals surface area contributed by atoms with Gasteiger partial charge in [-0.3, -0.25) is 9.59 Å². The molecule has 0 bridgehead atoms. The first-order valence-electron chi connectivity index (χ1n) is 8.50. The van der Waals surface area contributed by atoms with Crippen molar-refractivity contribution >= 4 is 27.6 Å². The number of nitrogens with zero attached hydrogens (tertiary/aromatic N) is 1. The Labute approximate surface area is 154 Å². The second-order valence-corrected chi connectivity index (χ2v) is 8.37. The molecule has 1 amide bonds. The number of benzene rings is 1. The number of hydrogen-bond donors (Lipinski definition) is 0. The molecule has 0 saturated carbocycles. The molecule has 1 heterocycles. The molecule has 0 unspecified atom stereocenters. The lowest BCUT2D eigenvalue weighted by Gasteiger charge is -2.41. The summed E-state index contributed by atoms with van der Waals surface area (Å²) in [5.41, 5.74) is 1.36. The van der Waals surface area contributed by atoms with Gasteiger partial charge in [0.1, 0.15) is 5.78 Å². The standard InChI is InChI=1S/C17H25NO.C3H5BrO/c1-16(2,3)15(19)18-12-10-17(4,11-13-18)14-8-6-5-7-9-14;1-3(5)2-4/h5-9H,10-13H2,1-4H3;2H2,1H3. The fourth-order valence-electron chi connectivity index (χ4n) is 2.81. The number of carbonyl (C=O) groups is 2. The Balaban J connectivity index is 0.000000505. The number of halogens is 1. The van der Waals surface area contributed by atoms with Gasteiger partial charge in [0, 0.05) is 18.5 Å². The predicted octanol–water partition coefficient (Wildman–Crippen LogP) is 4.58. The number of hydrogen-bond acceptors (Lipinski definition) is 2. The molecule has 1 saturated heterocycles. The Kier molecular flexibility index (Phi) is 7.65. The number of carbonyl (C=O) groups excluding carboxylic acids is 2. The Bertz CT molecular complexity index is 541. The van der Waals surface area contributed by atoms with Gasteiger partial charge >= 0.3 is 0 Å². The van der Waals surface area contributed by atoms with Crippen LogP contribution in [0, 0.1) is 5.41 Å². The van der Waals surface area contributed by atoms with Crippen LogP contribution in [0.2, 0.25) is 0 Å². The van der Waals surface area contributed by atoms with E-state index in [9.17, 15) is 9.59 Å². The fraction of sp³-hybridized carbons (Fsp3) is 0.600. The van der Waals surface area contributed by atoms with Crippen LogP contribution in [-0.4, -0.2) is 35.0 Å². The van der Waals surface area contributed by atoms with Gasteiger partial charge < -0.3 is 4.90 Å². The molecule has 0 spiro atoms. The summed E-state index contributed by atoms with van der Waals surface area (Å²) in [6.45, 7) is 11.6. The van der Waals surface area contributed by atoms with Crippen molar-refractivity contribution in [2.45, 2.75) is 52.9 Å². The van der Waals surface area contributed by atoms with Crippen LogP contribution in [0.15, 0.2) is 30.3 Å². The molecule has 2 rings (SSSR count). The van der Waals surface area contributed by atoms with E-state index in [-0.39, 0.29) is 22.5 Å². The van der Waals surface area contributed by atoms with E-state index in [1.54, 1.807) is 0 Å². The van der Waals surface area contributed by atoms with Crippen molar-refractivity contribution in [1.82, 2.24) is 4.90 Å². The van der Waals surface area contributed by atoms with Crippen molar-refractivity contribution in [1.29, 1.82) is 0 Å². The molecule has 0 atom stereocenters. The van der Waals surface area contributed by atoms with Crippen LogP contribution in [0.25, 0.3) is 0 Å². The highest BCUT2D eigenvalue weighted by atomic mass is 79.9. The normalized spacial score (nSPS) is 16.8. The Morgan fingerprint density at radius 2 is 1.58 bits per heavy atom. The van der Waals surface area contributed by atoms with E-state index in [4.69, 9.17) is 0 Å². The molecule has 134 valence electrons. The van der Waals surface area contributed by atoms with E-state index in [0.29, 0.717) is 5.33 Å². The first-order chi connectivity index (χ1) is 11.1. The summed E-state index contributed by atoms with van der Waals surface area (Å²) in [7, 11) is 0. The lowest BCUT2D eigenvalue weighted by molar-refractivity contribution is -0.141. The Morgan fingerprint density at radius 1 is 1.12 bits per heavy atom. The molecule has 1 aromatic rings. The Morgan fingerprint density at radius 3 is 1.96 bits per heavy atom. The highest BCUT2D eigenvalue weighted by molar-refractivity contribution is 9.09. The van der Waals surface area contributed by atoms with Crippen molar-refractivity contribution in [2.24, 2.45) is 5.41 Å². The van der Waals surface area contributed by atoms with Gasteiger partial charge in [0.05, 0.1) is 5.33 Å². The number of rotatable bonds is 2. The van der Waals surface area contributed by atoms with Gasteiger partial charge in [-0.15, -0.1) is 0 Å². The van der Waals surface area contributed by atoms with Crippen LogP contribution >= 0.6 is 15.9 Å². The van der Waals surface area contributed by atoms with Crippen LogP contribution in [0.5, 0.6) is 0 Å². The van der Waals surface area contributed by atoms with Crippen molar-refractivity contribution in [3.05, 3.63) is 35.9 Å². The third-order valence-electron chi connectivity index (χ3n) is 4.45. The molecule has 1 aliphatic rings.